The molecule has 3 rings (SSSR count). The number of sulfonamides is 1. The molecule has 0 N–H and O–H groups in total. The van der Waals surface area contributed by atoms with Gasteiger partial charge in [-0.3, -0.25) is 0 Å². The van der Waals surface area contributed by atoms with Crippen molar-refractivity contribution in [2.75, 3.05) is 38.7 Å². The largest absolute Gasteiger partial charge is 0.381 e. The smallest absolute Gasteiger partial charge is 0.214 e. The van der Waals surface area contributed by atoms with E-state index in [1.54, 1.807) is 15.6 Å². The third kappa shape index (κ3) is 4.08. The van der Waals surface area contributed by atoms with Crippen LogP contribution in [-0.4, -0.2) is 51.4 Å². The van der Waals surface area contributed by atoms with Gasteiger partial charge in [0.25, 0.3) is 0 Å². The molecule has 1 unspecified atom stereocenters. The first kappa shape index (κ1) is 16.4. The molecule has 1 aromatic rings. The van der Waals surface area contributed by atoms with Crippen molar-refractivity contribution in [1.82, 2.24) is 4.31 Å². The summed E-state index contributed by atoms with van der Waals surface area (Å²) >= 11 is 1.62. The molecule has 0 radical (unpaired) electrons. The lowest BCUT2D eigenvalue weighted by atomic mass is 9.98. The highest BCUT2D eigenvalue weighted by atomic mass is 32.2. The molecule has 22 heavy (non-hydrogen) atoms. The standard InChI is InChI=1S/C15H23NO4S2/c17-22(18,11-5-13-3-7-19-8-4-13)16-6-9-20-14(12-16)15-2-1-10-21-15/h1-2,10,13-14H,3-9,11-12H2. The van der Waals surface area contributed by atoms with Crippen molar-refractivity contribution in [3.8, 4) is 0 Å². The van der Waals surface area contributed by atoms with Gasteiger partial charge in [-0.1, -0.05) is 6.07 Å². The topological polar surface area (TPSA) is 55.8 Å². The fourth-order valence-electron chi connectivity index (χ4n) is 3.00. The normalized spacial score (nSPS) is 25.4. The van der Waals surface area contributed by atoms with Gasteiger partial charge in [-0.25, -0.2) is 8.42 Å². The highest BCUT2D eigenvalue weighted by molar-refractivity contribution is 7.89. The molecule has 0 spiro atoms. The molecule has 2 fully saturated rings. The second-order valence-corrected chi connectivity index (χ2v) is 8.96. The van der Waals surface area contributed by atoms with E-state index < -0.39 is 10.0 Å². The van der Waals surface area contributed by atoms with Crippen molar-refractivity contribution in [2.45, 2.75) is 25.4 Å². The molecular weight excluding hydrogens is 322 g/mol. The fourth-order valence-corrected chi connectivity index (χ4v) is 5.38. The Morgan fingerprint density at radius 1 is 1.27 bits per heavy atom. The van der Waals surface area contributed by atoms with Gasteiger partial charge in [0.05, 0.1) is 12.4 Å². The summed E-state index contributed by atoms with van der Waals surface area (Å²) in [6.07, 6.45) is 2.59. The van der Waals surface area contributed by atoms with Crippen LogP contribution in [-0.2, 0) is 19.5 Å². The molecule has 1 atom stereocenters. The number of hydrogen-bond donors (Lipinski definition) is 0. The van der Waals surface area contributed by atoms with Crippen LogP contribution < -0.4 is 0 Å². The van der Waals surface area contributed by atoms with Crippen LogP contribution in [0.25, 0.3) is 0 Å². The van der Waals surface area contributed by atoms with E-state index in [2.05, 4.69) is 0 Å². The summed E-state index contributed by atoms with van der Waals surface area (Å²) in [6.45, 7) is 2.92. The minimum Gasteiger partial charge on any atom is -0.381 e. The Bertz CT molecular complexity index is 552. The molecule has 7 heteroatoms. The summed E-state index contributed by atoms with van der Waals surface area (Å²) in [5, 5.41) is 2.00. The van der Waals surface area contributed by atoms with E-state index in [-0.39, 0.29) is 11.9 Å². The molecule has 5 nitrogen and oxygen atoms in total. The molecule has 2 saturated heterocycles. The molecule has 0 aromatic carbocycles. The van der Waals surface area contributed by atoms with E-state index in [0.717, 1.165) is 37.4 Å². The number of ether oxygens (including phenoxy) is 2. The van der Waals surface area contributed by atoms with Gasteiger partial charge in [0.2, 0.25) is 10.0 Å². The van der Waals surface area contributed by atoms with Crippen molar-refractivity contribution in [3.63, 3.8) is 0 Å². The van der Waals surface area contributed by atoms with Crippen LogP contribution in [0.2, 0.25) is 0 Å². The predicted molar refractivity (Wildman–Crippen MR) is 86.5 cm³/mol. The Morgan fingerprint density at radius 3 is 2.82 bits per heavy atom. The van der Waals surface area contributed by atoms with Crippen LogP contribution in [0, 0.1) is 5.92 Å². The molecule has 3 heterocycles. The van der Waals surface area contributed by atoms with Gasteiger partial charge in [0.15, 0.2) is 0 Å². The highest BCUT2D eigenvalue weighted by Gasteiger charge is 2.31. The minimum atomic E-state index is -3.19. The molecule has 124 valence electrons. The third-order valence-corrected chi connectivity index (χ3v) is 7.24. The summed E-state index contributed by atoms with van der Waals surface area (Å²) in [5.41, 5.74) is 0. The predicted octanol–water partition coefficient (Wildman–Crippen LogP) is 2.27. The molecule has 2 aliphatic rings. The fraction of sp³-hybridized carbons (Fsp3) is 0.733. The first-order chi connectivity index (χ1) is 10.6. The average Bonchev–Trinajstić information content (AvgIpc) is 3.09. The summed E-state index contributed by atoms with van der Waals surface area (Å²) in [6, 6.07) is 3.98. The Morgan fingerprint density at radius 2 is 2.09 bits per heavy atom. The number of nitrogens with zero attached hydrogens (tertiary/aromatic N) is 1. The lowest BCUT2D eigenvalue weighted by Crippen LogP contribution is -2.43. The zero-order chi connectivity index (χ0) is 15.4. The molecule has 0 amide bonds. The van der Waals surface area contributed by atoms with Gasteiger partial charge in [0, 0.05) is 31.2 Å². The summed E-state index contributed by atoms with van der Waals surface area (Å²) in [4.78, 5) is 1.10. The maximum atomic E-state index is 12.6. The van der Waals surface area contributed by atoms with E-state index in [1.165, 1.54) is 0 Å². The molecule has 1 aromatic heterocycles. The van der Waals surface area contributed by atoms with Gasteiger partial charge in [-0.15, -0.1) is 11.3 Å². The summed E-state index contributed by atoms with van der Waals surface area (Å²) in [5.74, 6) is 0.729. The summed E-state index contributed by atoms with van der Waals surface area (Å²) in [7, 11) is -3.19. The van der Waals surface area contributed by atoms with Crippen LogP contribution in [0.4, 0.5) is 0 Å². The van der Waals surface area contributed by atoms with Crippen molar-refractivity contribution in [2.24, 2.45) is 5.92 Å². The monoisotopic (exact) mass is 345 g/mol. The van der Waals surface area contributed by atoms with Gasteiger partial charge in [-0.2, -0.15) is 4.31 Å². The van der Waals surface area contributed by atoms with Gasteiger partial charge in [0.1, 0.15) is 6.10 Å². The quantitative estimate of drug-likeness (QED) is 0.821. The van der Waals surface area contributed by atoms with Crippen molar-refractivity contribution in [3.05, 3.63) is 22.4 Å². The van der Waals surface area contributed by atoms with Crippen molar-refractivity contribution >= 4 is 21.4 Å². The highest BCUT2D eigenvalue weighted by Crippen LogP contribution is 2.28. The van der Waals surface area contributed by atoms with Crippen LogP contribution >= 0.6 is 11.3 Å². The van der Waals surface area contributed by atoms with E-state index in [9.17, 15) is 8.42 Å². The lowest BCUT2D eigenvalue weighted by Gasteiger charge is -2.32. The van der Waals surface area contributed by atoms with E-state index >= 15 is 0 Å². The van der Waals surface area contributed by atoms with Crippen LogP contribution in [0.5, 0.6) is 0 Å². The molecule has 2 aliphatic heterocycles. The van der Waals surface area contributed by atoms with E-state index in [4.69, 9.17) is 9.47 Å². The Kier molecular flexibility index (Phi) is 5.51. The van der Waals surface area contributed by atoms with Crippen LogP contribution in [0.3, 0.4) is 0 Å². The molecular formula is C15H23NO4S2. The van der Waals surface area contributed by atoms with Crippen molar-refractivity contribution < 1.29 is 17.9 Å². The zero-order valence-electron chi connectivity index (χ0n) is 12.6. The lowest BCUT2D eigenvalue weighted by molar-refractivity contribution is -0.000587. The van der Waals surface area contributed by atoms with E-state index in [0.29, 0.717) is 25.6 Å². The first-order valence-electron chi connectivity index (χ1n) is 7.86. The average molecular weight is 345 g/mol. The minimum absolute atomic E-state index is 0.119. The van der Waals surface area contributed by atoms with Crippen LogP contribution in [0.15, 0.2) is 17.5 Å². The number of rotatable bonds is 5. The maximum Gasteiger partial charge on any atom is 0.214 e. The SMILES string of the molecule is O=S(=O)(CCC1CCOCC1)N1CCOC(c2cccs2)C1. The number of hydrogen-bond acceptors (Lipinski definition) is 5. The second-order valence-electron chi connectivity index (χ2n) is 5.89. The van der Waals surface area contributed by atoms with Crippen molar-refractivity contribution in [1.29, 1.82) is 0 Å². The maximum absolute atomic E-state index is 12.6. The Labute approximate surface area is 136 Å². The molecule has 0 saturated carbocycles. The van der Waals surface area contributed by atoms with Gasteiger partial charge in [-0.05, 0) is 36.6 Å². The summed E-state index contributed by atoms with van der Waals surface area (Å²) < 4.78 is 37.8. The third-order valence-electron chi connectivity index (χ3n) is 4.41. The first-order valence-corrected chi connectivity index (χ1v) is 10.3. The number of morpholine rings is 1. The molecule has 0 aliphatic carbocycles. The van der Waals surface area contributed by atoms with E-state index in [1.807, 2.05) is 17.5 Å². The van der Waals surface area contributed by atoms with Crippen LogP contribution in [0.1, 0.15) is 30.2 Å². The Balaban J connectivity index is 1.56. The van der Waals surface area contributed by atoms with Gasteiger partial charge < -0.3 is 9.47 Å². The second kappa shape index (κ2) is 7.40. The Hall–Kier alpha value is -0.470. The zero-order valence-corrected chi connectivity index (χ0v) is 14.3. The van der Waals surface area contributed by atoms with Gasteiger partial charge >= 0.3 is 0 Å². The molecule has 0 bridgehead atoms. The number of thiophene rings is 1.